The first-order valence-electron chi connectivity index (χ1n) is 6.67. The van der Waals surface area contributed by atoms with Gasteiger partial charge in [-0.05, 0) is 36.8 Å². The summed E-state index contributed by atoms with van der Waals surface area (Å²) in [5.41, 5.74) is 1.98. The number of benzene rings is 2. The van der Waals surface area contributed by atoms with Gasteiger partial charge in [-0.25, -0.2) is 4.98 Å². The average molecular weight is 369 g/mol. The number of fused-ring (bicyclic) bond motifs is 1. The van der Waals surface area contributed by atoms with Crippen molar-refractivity contribution < 1.29 is 0 Å². The molecule has 0 spiro atoms. The van der Waals surface area contributed by atoms with E-state index < -0.39 is 0 Å². The van der Waals surface area contributed by atoms with Crippen molar-refractivity contribution in [1.29, 1.82) is 0 Å². The Morgan fingerprint density at radius 1 is 0.955 bits per heavy atom. The molecule has 1 heterocycles. The molecule has 0 N–H and O–H groups in total. The molecule has 2 aromatic carbocycles. The number of nitrogens with zero attached hydrogens (tertiary/aromatic N) is 1. The molecule has 112 valence electrons. The molecule has 0 atom stereocenters. The topological polar surface area (TPSA) is 12.9 Å². The number of thioether (sulfide) groups is 1. The predicted octanol–water partition coefficient (Wildman–Crippen LogP) is 6.80. The van der Waals surface area contributed by atoms with Gasteiger partial charge in [-0.15, -0.1) is 11.8 Å². The van der Waals surface area contributed by atoms with Gasteiger partial charge in [-0.1, -0.05) is 53.0 Å². The quantitative estimate of drug-likeness (QED) is 0.472. The lowest BCUT2D eigenvalue weighted by Crippen LogP contribution is -1.91. The first-order chi connectivity index (χ1) is 10.5. The van der Waals surface area contributed by atoms with Gasteiger partial charge in [0.1, 0.15) is 5.03 Å². The standard InChI is InChI=1S/C17H12Cl3NS/c1-10-16(20)14-6-5-13(19)8-15(14)17(21-10)22-9-11-3-2-4-12(18)7-11/h2-8H,9H2,1H3. The molecule has 0 aliphatic rings. The van der Waals surface area contributed by atoms with Gasteiger partial charge in [0, 0.05) is 26.6 Å². The molecule has 3 rings (SSSR count). The maximum Gasteiger partial charge on any atom is 0.105 e. The van der Waals surface area contributed by atoms with Crippen LogP contribution in [0.3, 0.4) is 0 Å². The zero-order valence-electron chi connectivity index (χ0n) is 11.7. The monoisotopic (exact) mass is 367 g/mol. The second-order valence-corrected chi connectivity index (χ2v) is 7.14. The number of aromatic nitrogens is 1. The molecule has 5 heteroatoms. The minimum atomic E-state index is 0.679. The zero-order chi connectivity index (χ0) is 15.7. The molecule has 1 aromatic heterocycles. The lowest BCUT2D eigenvalue weighted by atomic mass is 10.1. The Morgan fingerprint density at radius 3 is 2.50 bits per heavy atom. The number of pyridine rings is 1. The number of halogens is 3. The van der Waals surface area contributed by atoms with Crippen LogP contribution in [0.1, 0.15) is 11.3 Å². The van der Waals surface area contributed by atoms with E-state index in [4.69, 9.17) is 34.8 Å². The fourth-order valence-electron chi connectivity index (χ4n) is 2.23. The minimum Gasteiger partial charge on any atom is -0.245 e. The third-order valence-corrected chi connectivity index (χ3v) is 5.31. The van der Waals surface area contributed by atoms with E-state index >= 15 is 0 Å². The highest BCUT2D eigenvalue weighted by molar-refractivity contribution is 7.98. The zero-order valence-corrected chi connectivity index (χ0v) is 14.8. The second-order valence-electron chi connectivity index (χ2n) is 4.92. The minimum absolute atomic E-state index is 0.679. The number of aryl methyl sites for hydroxylation is 1. The highest BCUT2D eigenvalue weighted by Crippen LogP contribution is 2.35. The molecule has 0 unspecified atom stereocenters. The van der Waals surface area contributed by atoms with Gasteiger partial charge in [0.25, 0.3) is 0 Å². The summed E-state index contributed by atoms with van der Waals surface area (Å²) in [5, 5.41) is 4.99. The predicted molar refractivity (Wildman–Crippen MR) is 97.5 cm³/mol. The Morgan fingerprint density at radius 2 is 1.73 bits per heavy atom. The summed E-state index contributed by atoms with van der Waals surface area (Å²) in [5.74, 6) is 0.788. The van der Waals surface area contributed by atoms with Gasteiger partial charge in [-0.3, -0.25) is 0 Å². The lowest BCUT2D eigenvalue weighted by molar-refractivity contribution is 1.10. The second kappa shape index (κ2) is 6.67. The Balaban J connectivity index is 1.99. The van der Waals surface area contributed by atoms with Crippen LogP contribution in [-0.4, -0.2) is 4.98 Å². The average Bonchev–Trinajstić information content (AvgIpc) is 2.49. The van der Waals surface area contributed by atoms with Crippen LogP contribution in [0.15, 0.2) is 47.5 Å². The van der Waals surface area contributed by atoms with Crippen molar-refractivity contribution >= 4 is 57.3 Å². The molecule has 22 heavy (non-hydrogen) atoms. The van der Waals surface area contributed by atoms with Crippen molar-refractivity contribution in [2.24, 2.45) is 0 Å². The van der Waals surface area contributed by atoms with Crippen LogP contribution in [-0.2, 0) is 5.75 Å². The van der Waals surface area contributed by atoms with Crippen LogP contribution in [0.2, 0.25) is 15.1 Å². The molecule has 0 aliphatic heterocycles. The molecule has 0 saturated carbocycles. The summed E-state index contributed by atoms with van der Waals surface area (Å²) >= 11 is 20.2. The molecule has 0 saturated heterocycles. The summed E-state index contributed by atoms with van der Waals surface area (Å²) in [6.45, 7) is 1.92. The van der Waals surface area contributed by atoms with E-state index in [-0.39, 0.29) is 0 Å². The van der Waals surface area contributed by atoms with Crippen molar-refractivity contribution in [2.45, 2.75) is 17.7 Å². The number of hydrogen-bond donors (Lipinski definition) is 0. The molecule has 0 radical (unpaired) electrons. The van der Waals surface area contributed by atoms with Crippen molar-refractivity contribution in [3.63, 3.8) is 0 Å². The Labute approximate surface area is 148 Å². The molecule has 0 bridgehead atoms. The van der Waals surface area contributed by atoms with Crippen LogP contribution in [0.5, 0.6) is 0 Å². The van der Waals surface area contributed by atoms with E-state index in [2.05, 4.69) is 11.1 Å². The molecule has 3 aromatic rings. The van der Waals surface area contributed by atoms with Gasteiger partial charge in [0.05, 0.1) is 10.7 Å². The van der Waals surface area contributed by atoms with Crippen LogP contribution in [0, 0.1) is 6.92 Å². The van der Waals surface area contributed by atoms with E-state index in [0.29, 0.717) is 10.0 Å². The first-order valence-corrected chi connectivity index (χ1v) is 8.79. The smallest absolute Gasteiger partial charge is 0.105 e. The largest absolute Gasteiger partial charge is 0.245 e. The normalized spacial score (nSPS) is 11.1. The van der Waals surface area contributed by atoms with E-state index in [1.807, 2.05) is 43.3 Å². The molecular formula is C17H12Cl3NS. The molecule has 0 amide bonds. The SMILES string of the molecule is Cc1nc(SCc2cccc(Cl)c2)c2cc(Cl)ccc2c1Cl. The third kappa shape index (κ3) is 3.36. The Bertz CT molecular complexity index is 849. The van der Waals surface area contributed by atoms with Crippen molar-refractivity contribution in [2.75, 3.05) is 0 Å². The summed E-state index contributed by atoms with van der Waals surface area (Å²) in [4.78, 5) is 4.62. The van der Waals surface area contributed by atoms with Crippen molar-refractivity contribution in [1.82, 2.24) is 4.98 Å². The molecular weight excluding hydrogens is 357 g/mol. The summed E-state index contributed by atoms with van der Waals surface area (Å²) in [6, 6.07) is 13.5. The molecule has 0 fully saturated rings. The summed E-state index contributed by atoms with van der Waals surface area (Å²) in [7, 11) is 0. The summed E-state index contributed by atoms with van der Waals surface area (Å²) in [6.07, 6.45) is 0. The van der Waals surface area contributed by atoms with Gasteiger partial charge in [-0.2, -0.15) is 0 Å². The highest BCUT2D eigenvalue weighted by atomic mass is 35.5. The fourth-order valence-corrected chi connectivity index (χ4v) is 3.83. The van der Waals surface area contributed by atoms with Gasteiger partial charge in [0.2, 0.25) is 0 Å². The maximum atomic E-state index is 6.36. The molecule has 0 aliphatic carbocycles. The maximum absolute atomic E-state index is 6.36. The number of hydrogen-bond acceptors (Lipinski definition) is 2. The van der Waals surface area contributed by atoms with E-state index in [1.54, 1.807) is 11.8 Å². The fraction of sp³-hybridized carbons (Fsp3) is 0.118. The van der Waals surface area contributed by atoms with Gasteiger partial charge >= 0.3 is 0 Å². The number of rotatable bonds is 3. The van der Waals surface area contributed by atoms with Crippen LogP contribution >= 0.6 is 46.6 Å². The van der Waals surface area contributed by atoms with E-state index in [1.165, 1.54) is 0 Å². The molecule has 1 nitrogen and oxygen atoms in total. The third-order valence-electron chi connectivity index (χ3n) is 3.30. The van der Waals surface area contributed by atoms with Crippen molar-refractivity contribution in [3.8, 4) is 0 Å². The van der Waals surface area contributed by atoms with E-state index in [0.717, 1.165) is 37.8 Å². The van der Waals surface area contributed by atoms with Gasteiger partial charge in [0.15, 0.2) is 0 Å². The van der Waals surface area contributed by atoms with E-state index in [9.17, 15) is 0 Å². The Kier molecular flexibility index (Phi) is 4.84. The highest BCUT2D eigenvalue weighted by Gasteiger charge is 2.11. The first kappa shape index (κ1) is 15.9. The lowest BCUT2D eigenvalue weighted by Gasteiger charge is -2.10. The van der Waals surface area contributed by atoms with Crippen LogP contribution < -0.4 is 0 Å². The summed E-state index contributed by atoms with van der Waals surface area (Å²) < 4.78 is 0. The van der Waals surface area contributed by atoms with Crippen LogP contribution in [0.25, 0.3) is 10.8 Å². The Hall–Kier alpha value is -0.930. The van der Waals surface area contributed by atoms with Crippen LogP contribution in [0.4, 0.5) is 0 Å². The van der Waals surface area contributed by atoms with Crippen molar-refractivity contribution in [3.05, 3.63) is 68.8 Å². The van der Waals surface area contributed by atoms with Gasteiger partial charge < -0.3 is 0 Å².